The molecule has 0 saturated carbocycles. The van der Waals surface area contributed by atoms with E-state index in [0.717, 1.165) is 0 Å². The minimum absolute atomic E-state index is 0.617. The zero-order valence-electron chi connectivity index (χ0n) is 14.9. The maximum atomic E-state index is 2.61. The fourth-order valence-electron chi connectivity index (χ4n) is 4.13. The van der Waals surface area contributed by atoms with E-state index in [1.54, 1.807) is 10.8 Å². The van der Waals surface area contributed by atoms with Crippen LogP contribution in [0.3, 0.4) is 0 Å². The van der Waals surface area contributed by atoms with Crippen molar-refractivity contribution in [3.05, 3.63) is 70.8 Å². The maximum absolute atomic E-state index is 2.61. The van der Waals surface area contributed by atoms with E-state index in [-0.39, 0.29) is 0 Å². The Morgan fingerprint density at radius 2 is 1.70 bits per heavy atom. The minimum atomic E-state index is -1.61. The Kier molecular flexibility index (Phi) is 4.59. The fraction of sp³-hybridized carbons (Fsp3) is 0.364. The maximum Gasteiger partial charge on any atom is 0.0949 e. The van der Waals surface area contributed by atoms with Crippen molar-refractivity contribution >= 4 is 19.3 Å². The molecule has 2 aromatic rings. The average Bonchev–Trinajstić information content (AvgIpc) is 2.96. The fourth-order valence-corrected chi connectivity index (χ4v) is 8.76. The van der Waals surface area contributed by atoms with Crippen LogP contribution in [0.5, 0.6) is 0 Å². The van der Waals surface area contributed by atoms with E-state index in [1.807, 2.05) is 0 Å². The molecule has 0 radical (unpaired) electrons. The summed E-state index contributed by atoms with van der Waals surface area (Å²) in [5.41, 5.74) is 6.41. The van der Waals surface area contributed by atoms with Crippen molar-refractivity contribution in [1.82, 2.24) is 0 Å². The quantitative estimate of drug-likeness (QED) is 0.616. The number of hydrogen-bond acceptors (Lipinski definition) is 0. The molecule has 0 aliphatic heterocycles. The zero-order valence-corrected chi connectivity index (χ0v) is 15.9. The Bertz CT molecular complexity index is 708. The first-order chi connectivity index (χ1) is 11.0. The molecule has 0 fully saturated rings. The summed E-state index contributed by atoms with van der Waals surface area (Å²) in [7, 11) is -1.61. The molecule has 0 amide bonds. The van der Waals surface area contributed by atoms with E-state index < -0.39 is 8.07 Å². The van der Waals surface area contributed by atoms with Gasteiger partial charge in [-0.2, -0.15) is 0 Å². The molecule has 2 unspecified atom stereocenters. The van der Waals surface area contributed by atoms with Gasteiger partial charge in [-0.1, -0.05) is 103 Å². The minimum Gasteiger partial charge on any atom is -0.0787 e. The van der Waals surface area contributed by atoms with Crippen LogP contribution in [0, 0.1) is 13.8 Å². The van der Waals surface area contributed by atoms with Crippen molar-refractivity contribution in [2.75, 3.05) is 0 Å². The largest absolute Gasteiger partial charge is 0.0949 e. The van der Waals surface area contributed by atoms with Crippen molar-refractivity contribution in [2.24, 2.45) is 0 Å². The lowest BCUT2D eigenvalue weighted by molar-refractivity contribution is 0.860. The Morgan fingerprint density at radius 3 is 2.39 bits per heavy atom. The third-order valence-electron chi connectivity index (χ3n) is 5.42. The molecule has 1 heteroatoms. The van der Waals surface area contributed by atoms with Crippen LogP contribution >= 0.6 is 0 Å². The van der Waals surface area contributed by atoms with Gasteiger partial charge >= 0.3 is 0 Å². The molecule has 3 rings (SSSR count). The molecule has 2 aromatic carbocycles. The molecule has 1 aliphatic rings. The molecule has 0 N–H and O–H groups in total. The first-order valence-corrected chi connectivity index (χ1v) is 11.7. The molecular weight excluding hydrogens is 292 g/mol. The van der Waals surface area contributed by atoms with Crippen molar-refractivity contribution in [2.45, 2.75) is 51.7 Å². The third kappa shape index (κ3) is 3.07. The summed E-state index contributed by atoms with van der Waals surface area (Å²) in [6.45, 7) is 9.40. The number of aryl methyl sites for hydroxylation is 2. The Morgan fingerprint density at radius 1 is 1.00 bits per heavy atom. The first-order valence-electron chi connectivity index (χ1n) is 8.90. The highest BCUT2D eigenvalue weighted by Crippen LogP contribution is 2.39. The lowest BCUT2D eigenvalue weighted by atomic mass is 10.1. The number of unbranched alkanes of at least 4 members (excludes halogenated alkanes) is 1. The van der Waals surface area contributed by atoms with Gasteiger partial charge < -0.3 is 0 Å². The third-order valence-corrected chi connectivity index (χ3v) is 10.3. The molecular formula is C22H28Si. The predicted molar refractivity (Wildman–Crippen MR) is 105 cm³/mol. The summed E-state index contributed by atoms with van der Waals surface area (Å²) in [5.74, 6) is 0. The standard InChI is InChI=1S/C22H28Si/c1-5-6-13-23(4,20-15-17(2)14-18(3)16-20)22-12-11-19-9-7-8-10-21(19)22/h7-12,14-16,22H,5-6,13H2,1-4H3. The van der Waals surface area contributed by atoms with Gasteiger partial charge in [0.15, 0.2) is 0 Å². The van der Waals surface area contributed by atoms with Gasteiger partial charge in [0.25, 0.3) is 0 Å². The molecule has 0 spiro atoms. The Labute approximate surface area is 142 Å². The van der Waals surface area contributed by atoms with E-state index in [0.29, 0.717) is 5.54 Å². The second-order valence-corrected chi connectivity index (χ2v) is 11.9. The first kappa shape index (κ1) is 16.3. The van der Waals surface area contributed by atoms with Crippen LogP contribution in [0.15, 0.2) is 48.5 Å². The zero-order chi connectivity index (χ0) is 16.4. The van der Waals surface area contributed by atoms with E-state index in [4.69, 9.17) is 0 Å². The molecule has 1 aliphatic carbocycles. The van der Waals surface area contributed by atoms with Gasteiger partial charge in [-0.05, 0) is 25.0 Å². The van der Waals surface area contributed by atoms with Gasteiger partial charge in [-0.25, -0.2) is 0 Å². The summed E-state index contributed by atoms with van der Waals surface area (Å²) in [6, 6.07) is 17.6. The van der Waals surface area contributed by atoms with Gasteiger partial charge in [0, 0.05) is 5.54 Å². The van der Waals surface area contributed by atoms with Crippen molar-refractivity contribution in [1.29, 1.82) is 0 Å². The van der Waals surface area contributed by atoms with Crippen LogP contribution < -0.4 is 5.19 Å². The van der Waals surface area contributed by atoms with Gasteiger partial charge in [0.05, 0.1) is 8.07 Å². The highest BCUT2D eigenvalue weighted by molar-refractivity contribution is 6.92. The monoisotopic (exact) mass is 320 g/mol. The van der Waals surface area contributed by atoms with Gasteiger partial charge in [0.2, 0.25) is 0 Å². The van der Waals surface area contributed by atoms with E-state index in [1.165, 1.54) is 35.6 Å². The van der Waals surface area contributed by atoms with Crippen molar-refractivity contribution in [3.63, 3.8) is 0 Å². The molecule has 2 atom stereocenters. The van der Waals surface area contributed by atoms with Gasteiger partial charge in [0.1, 0.15) is 0 Å². The summed E-state index contributed by atoms with van der Waals surface area (Å²) in [4.78, 5) is 0. The smallest absolute Gasteiger partial charge is 0.0787 e. The average molecular weight is 321 g/mol. The second kappa shape index (κ2) is 6.49. The number of allylic oxidation sites excluding steroid dienone is 1. The molecule has 23 heavy (non-hydrogen) atoms. The summed E-state index contributed by atoms with van der Waals surface area (Å²) >= 11 is 0. The molecule has 0 saturated heterocycles. The molecule has 0 nitrogen and oxygen atoms in total. The Balaban J connectivity index is 2.09. The van der Waals surface area contributed by atoms with Crippen LogP contribution in [0.4, 0.5) is 0 Å². The topological polar surface area (TPSA) is 0 Å². The normalized spacial score (nSPS) is 18.7. The van der Waals surface area contributed by atoms with E-state index in [2.05, 4.69) is 81.9 Å². The Hall–Kier alpha value is -1.60. The van der Waals surface area contributed by atoms with Crippen LogP contribution in [0.1, 0.15) is 47.6 Å². The summed E-state index contributed by atoms with van der Waals surface area (Å²) in [6.07, 6.45) is 7.46. The van der Waals surface area contributed by atoms with Crippen LogP contribution in [0.25, 0.3) is 6.08 Å². The lowest BCUT2D eigenvalue weighted by Gasteiger charge is -2.35. The second-order valence-electron chi connectivity index (χ2n) is 7.36. The number of fused-ring (bicyclic) bond motifs is 1. The lowest BCUT2D eigenvalue weighted by Crippen LogP contribution is -2.50. The van der Waals surface area contributed by atoms with Gasteiger partial charge in [-0.3, -0.25) is 0 Å². The van der Waals surface area contributed by atoms with Crippen molar-refractivity contribution in [3.8, 4) is 0 Å². The summed E-state index contributed by atoms with van der Waals surface area (Å²) in [5, 5.41) is 1.63. The highest BCUT2D eigenvalue weighted by atomic mass is 28.3. The van der Waals surface area contributed by atoms with Crippen LogP contribution in [0.2, 0.25) is 12.6 Å². The predicted octanol–water partition coefficient (Wildman–Crippen LogP) is 5.74. The number of benzene rings is 2. The number of rotatable bonds is 5. The van der Waals surface area contributed by atoms with E-state index in [9.17, 15) is 0 Å². The molecule has 120 valence electrons. The van der Waals surface area contributed by atoms with Crippen LogP contribution in [-0.4, -0.2) is 8.07 Å². The number of hydrogen-bond donors (Lipinski definition) is 0. The molecule has 0 heterocycles. The van der Waals surface area contributed by atoms with E-state index >= 15 is 0 Å². The molecule has 0 bridgehead atoms. The van der Waals surface area contributed by atoms with Crippen LogP contribution in [-0.2, 0) is 0 Å². The van der Waals surface area contributed by atoms with Gasteiger partial charge in [-0.15, -0.1) is 0 Å². The highest BCUT2D eigenvalue weighted by Gasteiger charge is 2.39. The van der Waals surface area contributed by atoms with Crippen molar-refractivity contribution < 1.29 is 0 Å². The SMILES string of the molecule is CCCC[Si](C)(c1cc(C)cc(C)c1)C1C=Cc2ccccc21. The summed E-state index contributed by atoms with van der Waals surface area (Å²) < 4.78 is 0. The molecule has 0 aromatic heterocycles.